The molecule has 1 aromatic heterocycles. The highest BCUT2D eigenvalue weighted by atomic mass is 19.1. The Balaban J connectivity index is 1.88. The van der Waals surface area contributed by atoms with Crippen LogP contribution in [-0.2, 0) is 11.2 Å². The Morgan fingerprint density at radius 1 is 1.10 bits per heavy atom. The molecule has 0 saturated carbocycles. The zero-order valence-corrected chi connectivity index (χ0v) is 16.2. The van der Waals surface area contributed by atoms with Crippen molar-refractivity contribution in [1.29, 1.82) is 0 Å². The molecule has 7 heteroatoms. The summed E-state index contributed by atoms with van der Waals surface area (Å²) in [6.45, 7) is 0. The van der Waals surface area contributed by atoms with Gasteiger partial charge in [0.1, 0.15) is 17.7 Å². The van der Waals surface area contributed by atoms with Crippen molar-refractivity contribution in [2.24, 2.45) is 5.73 Å². The summed E-state index contributed by atoms with van der Waals surface area (Å²) < 4.78 is 14.0. The molecule has 1 heterocycles. The predicted molar refractivity (Wildman–Crippen MR) is 111 cm³/mol. The van der Waals surface area contributed by atoms with E-state index in [2.05, 4.69) is 4.98 Å². The number of aromatic nitrogens is 1. The van der Waals surface area contributed by atoms with Crippen molar-refractivity contribution >= 4 is 17.6 Å². The lowest BCUT2D eigenvalue weighted by molar-refractivity contribution is -0.123. The summed E-state index contributed by atoms with van der Waals surface area (Å²) in [5.41, 5.74) is 14.1. The first-order chi connectivity index (χ1) is 14.5. The maximum absolute atomic E-state index is 14.0. The van der Waals surface area contributed by atoms with Crippen molar-refractivity contribution in [3.05, 3.63) is 94.9 Å². The summed E-state index contributed by atoms with van der Waals surface area (Å²) in [6, 6.07) is 15.0. The fraction of sp³-hybridized carbons (Fsp3) is 0.174. The van der Waals surface area contributed by atoms with Gasteiger partial charge in [0, 0.05) is 6.20 Å². The minimum absolute atomic E-state index is 0.0567. The molecule has 152 valence electrons. The Hall–Kier alpha value is -3.74. The van der Waals surface area contributed by atoms with E-state index in [0.717, 1.165) is 5.56 Å². The number of carbonyl (C=O) groups is 2. The number of fused-ring (bicyclic) bond motifs is 1. The summed E-state index contributed by atoms with van der Waals surface area (Å²) in [6.07, 6.45) is 2.69. The van der Waals surface area contributed by atoms with E-state index in [4.69, 9.17) is 11.5 Å². The Labute approximate surface area is 173 Å². The van der Waals surface area contributed by atoms with Gasteiger partial charge in [0.05, 0.1) is 11.6 Å². The molecule has 0 aliphatic heterocycles. The highest BCUT2D eigenvalue weighted by Gasteiger charge is 2.40. The number of hydrogen-bond donors (Lipinski definition) is 2. The van der Waals surface area contributed by atoms with Crippen LogP contribution in [0.1, 0.15) is 45.6 Å². The highest BCUT2D eigenvalue weighted by molar-refractivity contribution is 6.01. The Bertz CT molecular complexity index is 1100. The molecule has 0 unspecified atom stereocenters. The zero-order valence-electron chi connectivity index (χ0n) is 16.2. The maximum atomic E-state index is 14.0. The summed E-state index contributed by atoms with van der Waals surface area (Å²) >= 11 is 0. The average Bonchev–Trinajstić information content (AvgIpc) is 3.14. The lowest BCUT2D eigenvalue weighted by Gasteiger charge is -2.36. The maximum Gasteiger partial charge on any atom is 0.259 e. The fourth-order valence-electron chi connectivity index (χ4n) is 4.11. The van der Waals surface area contributed by atoms with Gasteiger partial charge < -0.3 is 16.4 Å². The van der Waals surface area contributed by atoms with Crippen LogP contribution in [0.3, 0.4) is 0 Å². The van der Waals surface area contributed by atoms with Gasteiger partial charge in [-0.25, -0.2) is 9.37 Å². The van der Waals surface area contributed by atoms with Gasteiger partial charge in [-0.05, 0) is 53.8 Å². The number of rotatable bonds is 5. The second-order valence-corrected chi connectivity index (χ2v) is 7.26. The number of aryl methyl sites for hydroxylation is 1. The molecule has 0 saturated heterocycles. The van der Waals surface area contributed by atoms with Crippen LogP contribution in [0, 0.1) is 5.82 Å². The number of amides is 2. The van der Waals surface area contributed by atoms with E-state index in [0.29, 0.717) is 24.0 Å². The van der Waals surface area contributed by atoms with Gasteiger partial charge in [-0.2, -0.15) is 0 Å². The van der Waals surface area contributed by atoms with Crippen LogP contribution in [0.5, 0.6) is 0 Å². The molecule has 0 fully saturated rings. The molecule has 4 N–H and O–H groups in total. The fourth-order valence-corrected chi connectivity index (χ4v) is 4.11. The van der Waals surface area contributed by atoms with Crippen molar-refractivity contribution in [3.8, 4) is 0 Å². The average molecular weight is 404 g/mol. The Morgan fingerprint density at radius 2 is 1.87 bits per heavy atom. The Kier molecular flexibility index (Phi) is 5.18. The van der Waals surface area contributed by atoms with E-state index in [1.807, 2.05) is 6.07 Å². The minimum atomic E-state index is -1.04. The number of hydrogen-bond acceptors (Lipinski definition) is 4. The first-order valence-corrected chi connectivity index (χ1v) is 9.63. The van der Waals surface area contributed by atoms with Crippen LogP contribution in [0.25, 0.3) is 0 Å². The smallest absolute Gasteiger partial charge is 0.259 e. The summed E-state index contributed by atoms with van der Waals surface area (Å²) in [7, 11) is 0. The second-order valence-electron chi connectivity index (χ2n) is 7.26. The van der Waals surface area contributed by atoms with Crippen molar-refractivity contribution in [2.45, 2.75) is 24.9 Å². The molecule has 4 rings (SSSR count). The second kappa shape index (κ2) is 7.94. The van der Waals surface area contributed by atoms with Crippen LogP contribution >= 0.6 is 0 Å². The van der Waals surface area contributed by atoms with E-state index in [-0.39, 0.29) is 11.4 Å². The monoisotopic (exact) mass is 404 g/mol. The molecular formula is C23H21FN4O2. The van der Waals surface area contributed by atoms with Crippen LogP contribution in [0.4, 0.5) is 10.2 Å². The van der Waals surface area contributed by atoms with Gasteiger partial charge in [-0.15, -0.1) is 0 Å². The molecule has 0 radical (unpaired) electrons. The van der Waals surface area contributed by atoms with Crippen molar-refractivity contribution in [1.82, 2.24) is 9.88 Å². The van der Waals surface area contributed by atoms with Crippen LogP contribution in [-0.4, -0.2) is 21.7 Å². The molecule has 30 heavy (non-hydrogen) atoms. The van der Waals surface area contributed by atoms with Gasteiger partial charge in [0.2, 0.25) is 5.91 Å². The van der Waals surface area contributed by atoms with Gasteiger partial charge in [-0.3, -0.25) is 9.59 Å². The zero-order chi connectivity index (χ0) is 21.3. The molecular weight excluding hydrogens is 383 g/mol. The quantitative estimate of drug-likeness (QED) is 0.682. The SMILES string of the molecule is NC(=O)[C@@H](c1ccccc1)N(C(=O)c1cccnc1N)[C@@H]1CCc2ccc(F)cc21. The van der Waals surface area contributed by atoms with Crippen molar-refractivity contribution < 1.29 is 14.0 Å². The van der Waals surface area contributed by atoms with E-state index in [1.54, 1.807) is 42.5 Å². The normalized spacial score (nSPS) is 16.0. The molecule has 2 atom stereocenters. The number of pyridine rings is 1. The number of benzene rings is 2. The third-order valence-electron chi connectivity index (χ3n) is 5.46. The molecule has 6 nitrogen and oxygen atoms in total. The molecule has 0 spiro atoms. The summed E-state index contributed by atoms with van der Waals surface area (Å²) in [4.78, 5) is 31.7. The summed E-state index contributed by atoms with van der Waals surface area (Å²) in [5, 5.41) is 0. The summed E-state index contributed by atoms with van der Waals surface area (Å²) in [5.74, 6) is -1.50. The third-order valence-corrected chi connectivity index (χ3v) is 5.46. The van der Waals surface area contributed by atoms with E-state index in [9.17, 15) is 14.0 Å². The van der Waals surface area contributed by atoms with Crippen molar-refractivity contribution in [2.75, 3.05) is 5.73 Å². The first kappa shape index (κ1) is 19.6. The molecule has 1 aliphatic rings. The topological polar surface area (TPSA) is 102 Å². The number of primary amides is 1. The van der Waals surface area contributed by atoms with Crippen LogP contribution in [0.2, 0.25) is 0 Å². The van der Waals surface area contributed by atoms with E-state index >= 15 is 0 Å². The minimum Gasteiger partial charge on any atom is -0.383 e. The third kappa shape index (κ3) is 3.50. The lowest BCUT2D eigenvalue weighted by atomic mass is 9.98. The number of nitrogen functional groups attached to an aromatic ring is 1. The number of nitrogens with zero attached hydrogens (tertiary/aromatic N) is 2. The number of carbonyl (C=O) groups excluding carboxylic acids is 2. The van der Waals surface area contributed by atoms with E-state index in [1.165, 1.54) is 23.2 Å². The number of anilines is 1. The van der Waals surface area contributed by atoms with Crippen molar-refractivity contribution in [3.63, 3.8) is 0 Å². The van der Waals surface area contributed by atoms with E-state index < -0.39 is 29.7 Å². The van der Waals surface area contributed by atoms with Crippen LogP contribution in [0.15, 0.2) is 66.9 Å². The molecule has 1 aliphatic carbocycles. The standard InChI is InChI=1S/C23H21FN4O2/c24-16-10-8-14-9-11-19(18(14)13-16)28(23(30)17-7-4-12-27-21(17)25)20(22(26)29)15-5-2-1-3-6-15/h1-8,10,12-13,19-20H,9,11H2,(H2,25,27)(H2,26,29)/t19-,20-/m1/s1. The highest BCUT2D eigenvalue weighted by Crippen LogP contribution is 2.41. The predicted octanol–water partition coefficient (Wildman–Crippen LogP) is 3.16. The largest absolute Gasteiger partial charge is 0.383 e. The van der Waals surface area contributed by atoms with Crippen LogP contribution < -0.4 is 11.5 Å². The Morgan fingerprint density at radius 3 is 2.57 bits per heavy atom. The molecule has 2 aromatic carbocycles. The molecule has 2 amide bonds. The number of nitrogens with two attached hydrogens (primary N) is 2. The van der Waals surface area contributed by atoms with Gasteiger partial charge in [-0.1, -0.05) is 36.4 Å². The van der Waals surface area contributed by atoms with Gasteiger partial charge in [0.15, 0.2) is 0 Å². The lowest BCUT2D eigenvalue weighted by Crippen LogP contribution is -2.43. The van der Waals surface area contributed by atoms with Gasteiger partial charge in [0.25, 0.3) is 5.91 Å². The number of halogens is 1. The first-order valence-electron chi connectivity index (χ1n) is 9.63. The molecule has 3 aromatic rings. The van der Waals surface area contributed by atoms with Gasteiger partial charge >= 0.3 is 0 Å². The molecule has 0 bridgehead atoms.